The summed E-state index contributed by atoms with van der Waals surface area (Å²) in [5, 5.41) is 9.18. The summed E-state index contributed by atoms with van der Waals surface area (Å²) in [5.41, 5.74) is 2.83. The Balaban J connectivity index is 2.11. The van der Waals surface area contributed by atoms with Crippen molar-refractivity contribution in [2.45, 2.75) is 19.8 Å². The summed E-state index contributed by atoms with van der Waals surface area (Å²) in [4.78, 5) is 11.2. The average Bonchev–Trinajstić information content (AvgIpc) is 2.61. The van der Waals surface area contributed by atoms with Crippen LogP contribution in [0.2, 0.25) is 0 Å². The van der Waals surface area contributed by atoms with Gasteiger partial charge < -0.3 is 14.6 Å². The lowest BCUT2D eigenvalue weighted by Gasteiger charge is -2.13. The number of ether oxygens (including phenoxy) is 2. The van der Waals surface area contributed by atoms with E-state index in [0.29, 0.717) is 13.0 Å². The Hall–Kier alpha value is -2.75. The molecule has 0 aliphatic rings. The van der Waals surface area contributed by atoms with E-state index in [1.165, 1.54) is 0 Å². The molecule has 0 radical (unpaired) electrons. The van der Waals surface area contributed by atoms with E-state index in [-0.39, 0.29) is 6.42 Å². The molecule has 0 aliphatic carbocycles. The maximum atomic E-state index is 11.2. The zero-order valence-corrected chi connectivity index (χ0v) is 14.0. The van der Waals surface area contributed by atoms with E-state index in [9.17, 15) is 9.90 Å². The fraction of sp³-hybridized carbons (Fsp3) is 0.250. The molecule has 24 heavy (non-hydrogen) atoms. The second-order valence-corrected chi connectivity index (χ2v) is 5.44. The maximum absolute atomic E-state index is 11.2. The average molecular weight is 326 g/mol. The maximum Gasteiger partial charge on any atom is 0.307 e. The third-order valence-electron chi connectivity index (χ3n) is 3.83. The van der Waals surface area contributed by atoms with Crippen molar-refractivity contribution in [2.24, 2.45) is 0 Å². The third-order valence-corrected chi connectivity index (χ3v) is 3.83. The molecule has 0 amide bonds. The van der Waals surface area contributed by atoms with Crippen LogP contribution in [0.4, 0.5) is 0 Å². The quantitative estimate of drug-likeness (QED) is 0.780. The number of allylic oxidation sites excluding steroid dienone is 1. The Labute approximate surface area is 142 Å². The predicted octanol–water partition coefficient (Wildman–Crippen LogP) is 4.41. The lowest BCUT2D eigenvalue weighted by molar-refractivity contribution is -0.136. The topological polar surface area (TPSA) is 55.8 Å². The van der Waals surface area contributed by atoms with Gasteiger partial charge in [0.1, 0.15) is 11.5 Å². The molecule has 0 saturated heterocycles. The van der Waals surface area contributed by atoms with E-state index in [0.717, 1.165) is 28.2 Å². The Morgan fingerprint density at radius 3 is 2.25 bits per heavy atom. The number of hydrogen-bond acceptors (Lipinski definition) is 3. The van der Waals surface area contributed by atoms with Crippen LogP contribution in [0.25, 0.3) is 5.57 Å². The molecule has 0 aromatic heterocycles. The Kier molecular flexibility index (Phi) is 6.43. The minimum atomic E-state index is -0.836. The molecule has 0 fully saturated rings. The van der Waals surface area contributed by atoms with Crippen molar-refractivity contribution >= 4 is 11.5 Å². The van der Waals surface area contributed by atoms with Crippen LogP contribution in [-0.4, -0.2) is 24.8 Å². The summed E-state index contributed by atoms with van der Waals surface area (Å²) in [6.07, 6.45) is 0.578. The highest BCUT2D eigenvalue weighted by Crippen LogP contribution is 2.25. The van der Waals surface area contributed by atoms with Gasteiger partial charge in [0.25, 0.3) is 0 Å². The van der Waals surface area contributed by atoms with E-state index in [1.807, 2.05) is 61.5 Å². The van der Waals surface area contributed by atoms with Crippen LogP contribution >= 0.6 is 0 Å². The van der Waals surface area contributed by atoms with Gasteiger partial charge >= 0.3 is 5.97 Å². The van der Waals surface area contributed by atoms with Crippen molar-refractivity contribution < 1.29 is 19.4 Å². The number of carboxylic acids is 1. The number of para-hydroxylation sites is 1. The zero-order valence-electron chi connectivity index (χ0n) is 14.0. The molecule has 0 aliphatic heterocycles. The second kappa shape index (κ2) is 8.77. The Morgan fingerprint density at radius 1 is 1.00 bits per heavy atom. The highest BCUT2D eigenvalue weighted by atomic mass is 16.5. The number of carboxylic acid groups (broad SMARTS) is 1. The van der Waals surface area contributed by atoms with Gasteiger partial charge in [-0.25, -0.2) is 0 Å². The molecule has 1 N–H and O–H groups in total. The lowest BCUT2D eigenvalue weighted by atomic mass is 9.97. The van der Waals surface area contributed by atoms with Crippen LogP contribution in [0.15, 0.2) is 60.2 Å². The molecule has 0 bridgehead atoms. The van der Waals surface area contributed by atoms with Crippen molar-refractivity contribution in [2.75, 3.05) is 13.7 Å². The highest BCUT2D eigenvalue weighted by molar-refractivity contribution is 5.76. The molecule has 0 heterocycles. The van der Waals surface area contributed by atoms with E-state index >= 15 is 0 Å². The number of rotatable bonds is 8. The van der Waals surface area contributed by atoms with Crippen LogP contribution in [0, 0.1) is 0 Å². The molecule has 4 nitrogen and oxygen atoms in total. The minimum Gasteiger partial charge on any atom is -0.497 e. The van der Waals surface area contributed by atoms with E-state index in [2.05, 4.69) is 0 Å². The summed E-state index contributed by atoms with van der Waals surface area (Å²) >= 11 is 0. The number of benzene rings is 2. The molecular weight excluding hydrogens is 304 g/mol. The van der Waals surface area contributed by atoms with Crippen molar-refractivity contribution in [3.8, 4) is 11.5 Å². The minimum absolute atomic E-state index is 0.00993. The first-order valence-electron chi connectivity index (χ1n) is 7.83. The zero-order chi connectivity index (χ0) is 17.4. The Bertz CT molecular complexity index is 687. The molecule has 126 valence electrons. The molecule has 2 aromatic rings. The fourth-order valence-electron chi connectivity index (χ4n) is 2.44. The van der Waals surface area contributed by atoms with Gasteiger partial charge in [-0.15, -0.1) is 0 Å². The van der Waals surface area contributed by atoms with Crippen LogP contribution in [0.3, 0.4) is 0 Å². The number of hydrogen-bond donors (Lipinski definition) is 1. The summed E-state index contributed by atoms with van der Waals surface area (Å²) in [7, 11) is 1.62. The van der Waals surface area contributed by atoms with Gasteiger partial charge in [0, 0.05) is 6.42 Å². The van der Waals surface area contributed by atoms with Gasteiger partial charge in [-0.2, -0.15) is 0 Å². The number of carbonyl (C=O) groups is 1. The normalized spacial score (nSPS) is 11.6. The van der Waals surface area contributed by atoms with Gasteiger partial charge in [-0.3, -0.25) is 4.79 Å². The van der Waals surface area contributed by atoms with Crippen molar-refractivity contribution in [1.29, 1.82) is 0 Å². The molecule has 0 atom stereocenters. The summed E-state index contributed by atoms with van der Waals surface area (Å²) < 4.78 is 10.9. The SMILES string of the molecule is COc1ccc(/C(C)=C(/CCOc2ccccc2)CC(=O)O)cc1. The standard InChI is InChI=1S/C20H22O4/c1-15(16-8-10-18(23-2)11-9-16)17(14-20(21)22)12-13-24-19-6-4-3-5-7-19/h3-11H,12-14H2,1-2H3,(H,21,22)/b17-15-. The van der Waals surface area contributed by atoms with Gasteiger partial charge in [0.05, 0.1) is 20.1 Å². The lowest BCUT2D eigenvalue weighted by Crippen LogP contribution is -2.05. The summed E-state index contributed by atoms with van der Waals surface area (Å²) in [6.45, 7) is 2.39. The van der Waals surface area contributed by atoms with Gasteiger partial charge in [-0.05, 0) is 42.3 Å². The van der Waals surface area contributed by atoms with Crippen LogP contribution in [-0.2, 0) is 4.79 Å². The highest BCUT2D eigenvalue weighted by Gasteiger charge is 2.10. The number of aliphatic carboxylic acids is 1. The largest absolute Gasteiger partial charge is 0.497 e. The third kappa shape index (κ3) is 5.16. The van der Waals surface area contributed by atoms with Gasteiger partial charge in [0.2, 0.25) is 0 Å². The van der Waals surface area contributed by atoms with E-state index in [4.69, 9.17) is 9.47 Å². The van der Waals surface area contributed by atoms with Crippen LogP contribution < -0.4 is 9.47 Å². The molecule has 2 rings (SSSR count). The monoisotopic (exact) mass is 326 g/mol. The predicted molar refractivity (Wildman–Crippen MR) is 94.4 cm³/mol. The molecule has 0 saturated carbocycles. The second-order valence-electron chi connectivity index (χ2n) is 5.44. The van der Waals surface area contributed by atoms with Gasteiger partial charge in [0.15, 0.2) is 0 Å². The smallest absolute Gasteiger partial charge is 0.307 e. The van der Waals surface area contributed by atoms with Gasteiger partial charge in [-0.1, -0.05) is 35.9 Å². The Morgan fingerprint density at radius 2 is 1.67 bits per heavy atom. The molecule has 0 spiro atoms. The molecule has 0 unspecified atom stereocenters. The first-order valence-corrected chi connectivity index (χ1v) is 7.83. The van der Waals surface area contributed by atoms with Crippen LogP contribution in [0.1, 0.15) is 25.3 Å². The number of methoxy groups -OCH3 is 1. The van der Waals surface area contributed by atoms with E-state index in [1.54, 1.807) is 7.11 Å². The molecule has 4 heteroatoms. The fourth-order valence-corrected chi connectivity index (χ4v) is 2.44. The first-order chi connectivity index (χ1) is 11.6. The van der Waals surface area contributed by atoms with Crippen LogP contribution in [0.5, 0.6) is 11.5 Å². The molecular formula is C20H22O4. The van der Waals surface area contributed by atoms with E-state index < -0.39 is 5.97 Å². The van der Waals surface area contributed by atoms with Crippen molar-refractivity contribution in [1.82, 2.24) is 0 Å². The molecule has 2 aromatic carbocycles. The summed E-state index contributed by atoms with van der Waals surface area (Å²) in [6, 6.07) is 17.1. The first kappa shape index (κ1) is 17.6. The summed E-state index contributed by atoms with van der Waals surface area (Å²) in [5.74, 6) is 0.727. The van der Waals surface area contributed by atoms with Crippen molar-refractivity contribution in [3.63, 3.8) is 0 Å². The van der Waals surface area contributed by atoms with Crippen molar-refractivity contribution in [3.05, 3.63) is 65.7 Å².